The molecule has 3 heterocycles. The van der Waals surface area contributed by atoms with Gasteiger partial charge in [0.2, 0.25) is 11.9 Å². The average Bonchev–Trinajstić information content (AvgIpc) is 2.86. The molecule has 1 aliphatic heterocycles. The zero-order valence-corrected chi connectivity index (χ0v) is 19.4. The number of nitrogens with zero attached hydrogens (tertiary/aromatic N) is 5. The normalized spacial score (nSPS) is 14.2. The fourth-order valence-corrected chi connectivity index (χ4v) is 3.50. The number of nitrogens with one attached hydrogen (secondary N) is 1. The molecule has 2 aromatic heterocycles. The Morgan fingerprint density at radius 2 is 1.78 bits per heavy atom. The number of nitrogen functional groups attached to an aromatic ring is 1. The molecule has 0 aliphatic carbocycles. The van der Waals surface area contributed by atoms with Crippen LogP contribution in [-0.4, -0.2) is 75.7 Å². The summed E-state index contributed by atoms with van der Waals surface area (Å²) in [4.78, 5) is 43.4. The molecule has 1 saturated heterocycles. The van der Waals surface area contributed by atoms with E-state index in [1.807, 2.05) is 0 Å². The minimum atomic E-state index is -4.98. The predicted octanol–water partition coefficient (Wildman–Crippen LogP) is 2.11. The number of carbonyl (C=O) groups excluding carboxylic acids is 2. The van der Waals surface area contributed by atoms with E-state index in [1.165, 1.54) is 30.9 Å². The summed E-state index contributed by atoms with van der Waals surface area (Å²) in [6.45, 7) is 1.90. The van der Waals surface area contributed by atoms with Crippen molar-refractivity contribution in [3.05, 3.63) is 54.2 Å². The van der Waals surface area contributed by atoms with Crippen LogP contribution >= 0.6 is 0 Å². The van der Waals surface area contributed by atoms with E-state index in [1.54, 1.807) is 4.90 Å². The second-order valence-corrected chi connectivity index (χ2v) is 8.02. The van der Waals surface area contributed by atoms with Crippen molar-refractivity contribution in [3.8, 4) is 17.0 Å². The Hall–Kier alpha value is -4.17. The number of aromatic nitrogens is 4. The smallest absolute Gasteiger partial charge is 0.404 e. The third kappa shape index (κ3) is 7.41. The van der Waals surface area contributed by atoms with Gasteiger partial charge < -0.3 is 20.5 Å². The standard InChI is InChI=1S/C23H22F3N7O4/c24-23(25,26)37-20-2-1-14(7-17(20)32-21(35)13-33-3-5-36-6-4-33)19(34)8-16-11-29-18(12-28-16)15-9-30-22(27)31-10-15/h1-2,7,9-12H,3-6,8,13H2,(H,32,35)(H2,27,30,31). The van der Waals surface area contributed by atoms with Crippen molar-refractivity contribution < 1.29 is 32.2 Å². The van der Waals surface area contributed by atoms with Gasteiger partial charge in [0, 0.05) is 42.8 Å². The number of halogens is 3. The molecule has 37 heavy (non-hydrogen) atoms. The molecule has 1 aliphatic rings. The fraction of sp³-hybridized carbons (Fsp3) is 0.304. The van der Waals surface area contributed by atoms with E-state index < -0.39 is 23.8 Å². The lowest BCUT2D eigenvalue weighted by Crippen LogP contribution is -2.41. The van der Waals surface area contributed by atoms with Gasteiger partial charge in [-0.05, 0) is 18.2 Å². The second-order valence-electron chi connectivity index (χ2n) is 8.02. The molecule has 1 amide bonds. The summed E-state index contributed by atoms with van der Waals surface area (Å²) in [5.74, 6) is -1.51. The van der Waals surface area contributed by atoms with Crippen LogP contribution < -0.4 is 15.8 Å². The summed E-state index contributed by atoms with van der Waals surface area (Å²) in [5.41, 5.74) is 6.64. The number of anilines is 2. The minimum absolute atomic E-state index is 0.0476. The number of carbonyl (C=O) groups is 2. The van der Waals surface area contributed by atoms with Gasteiger partial charge in [-0.2, -0.15) is 0 Å². The summed E-state index contributed by atoms with van der Waals surface area (Å²) >= 11 is 0. The Morgan fingerprint density at radius 1 is 1.05 bits per heavy atom. The zero-order chi connectivity index (χ0) is 26.4. The van der Waals surface area contributed by atoms with Gasteiger partial charge in [-0.15, -0.1) is 13.2 Å². The molecular weight excluding hydrogens is 495 g/mol. The van der Waals surface area contributed by atoms with Crippen LogP contribution in [0.1, 0.15) is 16.1 Å². The number of amides is 1. The van der Waals surface area contributed by atoms with E-state index in [9.17, 15) is 22.8 Å². The number of ether oxygens (including phenoxy) is 2. The molecule has 0 spiro atoms. The number of hydrogen-bond donors (Lipinski definition) is 2. The average molecular weight is 517 g/mol. The molecule has 0 radical (unpaired) electrons. The summed E-state index contributed by atoms with van der Waals surface area (Å²) in [7, 11) is 0. The van der Waals surface area contributed by atoms with E-state index in [4.69, 9.17) is 10.5 Å². The number of hydrogen-bond acceptors (Lipinski definition) is 10. The zero-order valence-electron chi connectivity index (χ0n) is 19.4. The third-order valence-corrected chi connectivity index (χ3v) is 5.29. The van der Waals surface area contributed by atoms with Gasteiger partial charge in [0.15, 0.2) is 11.5 Å². The van der Waals surface area contributed by atoms with Crippen LogP contribution in [0, 0.1) is 0 Å². The SMILES string of the molecule is Nc1ncc(-c2cnc(CC(=O)c3ccc(OC(F)(F)F)c(NC(=O)CN4CCOCC4)c3)cn2)cn1. The molecule has 4 rings (SSSR count). The quantitative estimate of drug-likeness (QED) is 0.426. The Balaban J connectivity index is 1.48. The highest BCUT2D eigenvalue weighted by Gasteiger charge is 2.32. The lowest BCUT2D eigenvalue weighted by Gasteiger charge is -2.26. The second kappa shape index (κ2) is 11.3. The Labute approximate surface area is 208 Å². The van der Waals surface area contributed by atoms with Crippen molar-refractivity contribution >= 4 is 23.3 Å². The van der Waals surface area contributed by atoms with E-state index in [-0.39, 0.29) is 30.2 Å². The monoisotopic (exact) mass is 517 g/mol. The van der Waals surface area contributed by atoms with E-state index in [2.05, 4.69) is 30.0 Å². The Kier molecular flexibility index (Phi) is 7.89. The maximum atomic E-state index is 12.9. The number of rotatable bonds is 8. The van der Waals surface area contributed by atoms with Crippen LogP contribution in [0.5, 0.6) is 5.75 Å². The molecule has 0 unspecified atom stereocenters. The summed E-state index contributed by atoms with van der Waals surface area (Å²) < 4.78 is 48.0. The lowest BCUT2D eigenvalue weighted by atomic mass is 10.1. The van der Waals surface area contributed by atoms with Crippen LogP contribution in [0.15, 0.2) is 43.0 Å². The van der Waals surface area contributed by atoms with E-state index >= 15 is 0 Å². The van der Waals surface area contributed by atoms with Crippen molar-refractivity contribution in [2.75, 3.05) is 43.9 Å². The maximum absolute atomic E-state index is 12.9. The fourth-order valence-electron chi connectivity index (χ4n) is 3.50. The molecule has 0 bridgehead atoms. The number of nitrogens with two attached hydrogens (primary N) is 1. The van der Waals surface area contributed by atoms with Crippen LogP contribution in [-0.2, 0) is 16.0 Å². The van der Waals surface area contributed by atoms with Crippen molar-refractivity contribution in [2.45, 2.75) is 12.8 Å². The van der Waals surface area contributed by atoms with Gasteiger partial charge in [-0.25, -0.2) is 9.97 Å². The van der Waals surface area contributed by atoms with Gasteiger partial charge in [0.25, 0.3) is 0 Å². The van der Waals surface area contributed by atoms with E-state index in [0.29, 0.717) is 43.3 Å². The molecule has 194 valence electrons. The number of benzene rings is 1. The number of alkyl halides is 3. The first-order chi connectivity index (χ1) is 17.7. The molecule has 3 N–H and O–H groups in total. The molecule has 14 heteroatoms. The molecular formula is C23H22F3N7O4. The lowest BCUT2D eigenvalue weighted by molar-refractivity contribution is -0.274. The molecule has 11 nitrogen and oxygen atoms in total. The molecule has 0 saturated carbocycles. The molecule has 1 fully saturated rings. The van der Waals surface area contributed by atoms with Crippen molar-refractivity contribution in [2.24, 2.45) is 0 Å². The van der Waals surface area contributed by atoms with Crippen molar-refractivity contribution in [3.63, 3.8) is 0 Å². The van der Waals surface area contributed by atoms with Gasteiger partial charge in [0.1, 0.15) is 0 Å². The van der Waals surface area contributed by atoms with Gasteiger partial charge in [-0.3, -0.25) is 24.5 Å². The Morgan fingerprint density at radius 3 is 2.43 bits per heavy atom. The largest absolute Gasteiger partial charge is 0.573 e. The highest BCUT2D eigenvalue weighted by Crippen LogP contribution is 2.31. The van der Waals surface area contributed by atoms with Crippen LogP contribution in [0.2, 0.25) is 0 Å². The first-order valence-electron chi connectivity index (χ1n) is 11.1. The van der Waals surface area contributed by atoms with Crippen molar-refractivity contribution in [1.29, 1.82) is 0 Å². The Bertz CT molecular complexity index is 1250. The van der Waals surface area contributed by atoms with Gasteiger partial charge >= 0.3 is 6.36 Å². The number of morpholine rings is 1. The number of Topliss-reactive ketones (excluding diaryl/α,β-unsaturated/α-hetero) is 1. The van der Waals surface area contributed by atoms with Gasteiger partial charge in [-0.1, -0.05) is 0 Å². The van der Waals surface area contributed by atoms with Crippen LogP contribution in [0.3, 0.4) is 0 Å². The minimum Gasteiger partial charge on any atom is -0.404 e. The highest BCUT2D eigenvalue weighted by atomic mass is 19.4. The summed E-state index contributed by atoms with van der Waals surface area (Å²) in [6.07, 6.45) is 0.645. The summed E-state index contributed by atoms with van der Waals surface area (Å²) in [6, 6.07) is 3.32. The molecule has 1 aromatic carbocycles. The molecule has 3 aromatic rings. The van der Waals surface area contributed by atoms with Crippen molar-refractivity contribution in [1.82, 2.24) is 24.8 Å². The third-order valence-electron chi connectivity index (χ3n) is 5.29. The topological polar surface area (TPSA) is 145 Å². The van der Waals surface area contributed by atoms with Gasteiger partial charge in [0.05, 0.1) is 49.5 Å². The first kappa shape index (κ1) is 25.9. The summed E-state index contributed by atoms with van der Waals surface area (Å²) in [5, 5.41) is 2.42. The number of ketones is 1. The van der Waals surface area contributed by atoms with Crippen LogP contribution in [0.25, 0.3) is 11.3 Å². The maximum Gasteiger partial charge on any atom is 0.573 e. The first-order valence-corrected chi connectivity index (χ1v) is 11.1. The predicted molar refractivity (Wildman–Crippen MR) is 125 cm³/mol. The van der Waals surface area contributed by atoms with E-state index in [0.717, 1.165) is 12.1 Å². The molecule has 0 atom stereocenters. The highest BCUT2D eigenvalue weighted by molar-refractivity contribution is 6.00. The van der Waals surface area contributed by atoms with Crippen LogP contribution in [0.4, 0.5) is 24.8 Å².